The second kappa shape index (κ2) is 32.1. The number of aromatic nitrogens is 1. The molecule has 3 aromatic rings. The molecule has 0 saturated carbocycles. The Morgan fingerprint density at radius 3 is 2.08 bits per heavy atom. The summed E-state index contributed by atoms with van der Waals surface area (Å²) < 4.78 is 44.2. The molecule has 0 radical (unpaired) electrons. The van der Waals surface area contributed by atoms with Gasteiger partial charge >= 0.3 is 18.0 Å². The standard InChI is InChI=1S/C62H77N9O20/c1-5-62(83)44-28-48-56-43(32-70(48)31-39(44)34-88-60(62)81)42(41-27-49-50(91-35-90-49)29-46(41)68-56)30-64-61(82)89-33-38-6-8-40(9-7-38)66-58(79)45(10-13-55(76)77)69-57(78)37(4)65-59(80)47(26-36(2)3)67-52(73)15-18-84-20-22-86-24-25-87-23-21-85-19-16-63-51(72)14-17-71-53(74)11-12-54(71)75/h6-9,11-12,27-29,36-37,45,47,83H,5,10,13-26,30-35H2,1-4H3,(H,63,72)(H,64,82)(H,65,80)(H,66,79)(H,67,73)(H,69,78)(H,76,77)/t37-,45-,47+,62-/m0/s1. The van der Waals surface area contributed by atoms with Gasteiger partial charge in [0, 0.05) is 92.4 Å². The van der Waals surface area contributed by atoms with Gasteiger partial charge in [0.25, 0.3) is 11.8 Å². The molecule has 0 unspecified atom stereocenters. The van der Waals surface area contributed by atoms with E-state index in [0.29, 0.717) is 53.5 Å². The summed E-state index contributed by atoms with van der Waals surface area (Å²) in [6, 6.07) is 6.31. The summed E-state index contributed by atoms with van der Waals surface area (Å²) in [7, 11) is 0. The Kier molecular flexibility index (Phi) is 24.0. The minimum absolute atomic E-state index is 0.00397. The summed E-state index contributed by atoms with van der Waals surface area (Å²) in [5, 5.41) is 37.6. The fraction of sp³-hybridized carbons (Fsp3) is 0.500. The van der Waals surface area contributed by atoms with Crippen LogP contribution >= 0.6 is 0 Å². The van der Waals surface area contributed by atoms with Gasteiger partial charge in [-0.05, 0) is 73.1 Å². The Balaban J connectivity index is 0.729. The number of aliphatic carboxylic acids is 1. The average molecular weight is 1270 g/mol. The number of anilines is 1. The predicted molar refractivity (Wildman–Crippen MR) is 321 cm³/mol. The molecular formula is C62H77N9O20. The number of hydrogen-bond donors (Lipinski definition) is 8. The van der Waals surface area contributed by atoms with Gasteiger partial charge in [-0.15, -0.1) is 0 Å². The quantitative estimate of drug-likeness (QED) is 0.0236. The van der Waals surface area contributed by atoms with E-state index in [2.05, 4.69) is 36.8 Å². The highest BCUT2D eigenvalue weighted by molar-refractivity contribution is 6.13. The number of carboxylic acid groups (broad SMARTS) is 1. The highest BCUT2D eigenvalue weighted by atomic mass is 16.7. The van der Waals surface area contributed by atoms with E-state index in [9.17, 15) is 58.2 Å². The fourth-order valence-corrected chi connectivity index (χ4v) is 10.5. The van der Waals surface area contributed by atoms with E-state index >= 15 is 0 Å². The molecule has 8 N–H and O–H groups in total. The third-order valence-electron chi connectivity index (χ3n) is 15.4. The van der Waals surface area contributed by atoms with Crippen LogP contribution in [0.25, 0.3) is 16.6 Å². The highest BCUT2D eigenvalue weighted by Crippen LogP contribution is 2.46. The van der Waals surface area contributed by atoms with Crippen LogP contribution < -0.4 is 41.4 Å². The molecule has 0 aliphatic carbocycles. The number of esters is 1. The van der Waals surface area contributed by atoms with Gasteiger partial charge in [-0.3, -0.25) is 43.3 Å². The number of nitrogens with zero attached hydrogens (tertiary/aromatic N) is 3. The van der Waals surface area contributed by atoms with Crippen LogP contribution in [0.4, 0.5) is 10.5 Å². The number of carbonyl (C=O) groups is 10. The van der Waals surface area contributed by atoms with Crippen LogP contribution in [0.15, 0.2) is 65.8 Å². The lowest BCUT2D eigenvalue weighted by molar-refractivity contribution is -0.163. The van der Waals surface area contributed by atoms with Crippen LogP contribution in [0, 0.1) is 5.92 Å². The molecule has 8 rings (SSSR count). The Morgan fingerprint density at radius 2 is 1.41 bits per heavy atom. The number of amides is 8. The van der Waals surface area contributed by atoms with Crippen molar-refractivity contribution in [3.05, 3.63) is 88.2 Å². The molecule has 0 bridgehead atoms. The number of alkyl carbamates (subject to hydrolysis) is 1. The van der Waals surface area contributed by atoms with Crippen LogP contribution in [-0.4, -0.2) is 194 Å². The summed E-state index contributed by atoms with van der Waals surface area (Å²) in [6.45, 7) is 9.69. The predicted octanol–water partition coefficient (Wildman–Crippen LogP) is 1.77. The number of fused-ring (bicyclic) bond motifs is 5. The van der Waals surface area contributed by atoms with Crippen LogP contribution in [0.3, 0.4) is 0 Å². The molecule has 0 spiro atoms. The maximum Gasteiger partial charge on any atom is 0.407 e. The molecule has 0 saturated heterocycles. The molecule has 1 aromatic heterocycles. The van der Waals surface area contributed by atoms with E-state index in [1.165, 1.54) is 6.92 Å². The van der Waals surface area contributed by atoms with Crippen molar-refractivity contribution in [3.63, 3.8) is 0 Å². The third kappa shape index (κ3) is 18.3. The molecule has 0 fully saturated rings. The zero-order chi connectivity index (χ0) is 65.2. The number of carbonyl (C=O) groups excluding carboxylic acids is 9. The topological polar surface area (TPSA) is 377 Å². The molecule has 490 valence electrons. The Bertz CT molecular complexity index is 3310. The maximum atomic E-state index is 13.6. The fourth-order valence-electron chi connectivity index (χ4n) is 10.5. The number of cyclic esters (lactones) is 1. The van der Waals surface area contributed by atoms with Crippen molar-refractivity contribution in [2.45, 2.75) is 110 Å². The molecule has 2 aromatic carbocycles. The highest BCUT2D eigenvalue weighted by Gasteiger charge is 2.47. The Hall–Kier alpha value is -9.03. The molecule has 5 aliphatic rings. The first-order chi connectivity index (χ1) is 43.7. The number of nitrogens with one attached hydrogen (secondary N) is 6. The number of aliphatic hydroxyl groups is 1. The van der Waals surface area contributed by atoms with E-state index < -0.39 is 83.6 Å². The first kappa shape index (κ1) is 67.9. The van der Waals surface area contributed by atoms with E-state index in [1.54, 1.807) is 43.3 Å². The summed E-state index contributed by atoms with van der Waals surface area (Å²) in [6.07, 6.45) is 2.91. The number of pyridine rings is 1. The van der Waals surface area contributed by atoms with Gasteiger partial charge in [-0.1, -0.05) is 32.9 Å². The first-order valence-corrected chi connectivity index (χ1v) is 30.1. The van der Waals surface area contributed by atoms with Crippen LogP contribution in [0.1, 0.15) is 88.6 Å². The largest absolute Gasteiger partial charge is 0.481 e. The lowest BCUT2D eigenvalue weighted by atomic mass is 9.83. The average Bonchev–Trinajstić information content (AvgIpc) is 1.63. The van der Waals surface area contributed by atoms with E-state index in [-0.39, 0.29) is 136 Å². The van der Waals surface area contributed by atoms with Gasteiger partial charge in [0.1, 0.15) is 31.3 Å². The van der Waals surface area contributed by atoms with Crippen molar-refractivity contribution in [2.24, 2.45) is 5.92 Å². The monoisotopic (exact) mass is 1270 g/mol. The van der Waals surface area contributed by atoms with Gasteiger partial charge in [0.2, 0.25) is 36.3 Å². The molecule has 29 nitrogen and oxygen atoms in total. The summed E-state index contributed by atoms with van der Waals surface area (Å²) in [5.74, 6) is -4.75. The van der Waals surface area contributed by atoms with E-state index in [1.807, 2.05) is 19.9 Å². The van der Waals surface area contributed by atoms with Gasteiger partial charge < -0.3 is 84.9 Å². The Labute approximate surface area is 523 Å². The van der Waals surface area contributed by atoms with Crippen LogP contribution in [0.2, 0.25) is 0 Å². The maximum absolute atomic E-state index is 13.6. The van der Waals surface area contributed by atoms with Crippen LogP contribution in [0.5, 0.6) is 11.5 Å². The van der Waals surface area contributed by atoms with Gasteiger partial charge in [-0.25, -0.2) is 14.6 Å². The number of benzene rings is 2. The molecular weight excluding hydrogens is 1190 g/mol. The first-order valence-electron chi connectivity index (χ1n) is 30.1. The summed E-state index contributed by atoms with van der Waals surface area (Å²) in [4.78, 5) is 134. The smallest absolute Gasteiger partial charge is 0.407 e. The van der Waals surface area contributed by atoms with Gasteiger partial charge in [0.15, 0.2) is 17.1 Å². The second-order valence-electron chi connectivity index (χ2n) is 22.4. The van der Waals surface area contributed by atoms with Crippen molar-refractivity contribution in [3.8, 4) is 11.5 Å². The van der Waals surface area contributed by atoms with Crippen molar-refractivity contribution in [1.29, 1.82) is 0 Å². The number of rotatable bonds is 35. The van der Waals surface area contributed by atoms with Crippen molar-refractivity contribution < 1.29 is 96.1 Å². The Morgan fingerprint density at radius 1 is 0.736 bits per heavy atom. The number of hydrogen-bond acceptors (Lipinski definition) is 21. The minimum atomic E-state index is -1.79. The van der Waals surface area contributed by atoms with Crippen LogP contribution in [-0.2, 0) is 91.3 Å². The lowest BCUT2D eigenvalue weighted by Crippen LogP contribution is -2.55. The zero-order valence-corrected chi connectivity index (χ0v) is 51.1. The van der Waals surface area contributed by atoms with Crippen molar-refractivity contribution in [2.75, 3.05) is 91.2 Å². The van der Waals surface area contributed by atoms with Crippen molar-refractivity contribution in [1.82, 2.24) is 41.4 Å². The SMILES string of the molecule is CC[C@@]1(O)C(=O)OCC2=C1C=C1c3nc4cc5c(cc4c(CNC(=O)OCc4ccc(NC(=O)[C@H](CCC(=O)O)NC(=O)[C@H](C)NC(=O)[C@@H](CC(C)C)NC(=O)CCOCCOCCOCCOCCNC(=O)CCN6C(=O)C=CC6=O)cc4)c3CN1C2)OCO5. The van der Waals surface area contributed by atoms with Crippen molar-refractivity contribution >= 4 is 81.7 Å². The minimum Gasteiger partial charge on any atom is -0.481 e. The number of imide groups is 1. The zero-order valence-electron chi connectivity index (χ0n) is 51.1. The van der Waals surface area contributed by atoms with E-state index in [4.69, 9.17) is 42.9 Å². The second-order valence-corrected chi connectivity index (χ2v) is 22.4. The molecule has 91 heavy (non-hydrogen) atoms. The molecule has 8 amide bonds. The molecule has 29 heteroatoms. The molecule has 6 heterocycles. The van der Waals surface area contributed by atoms with E-state index in [0.717, 1.165) is 44.8 Å². The molecule has 5 aliphatic heterocycles. The van der Waals surface area contributed by atoms with Gasteiger partial charge in [0.05, 0.1) is 69.8 Å². The molecule has 4 atom stereocenters. The lowest BCUT2D eigenvalue weighted by Gasteiger charge is -2.37. The summed E-state index contributed by atoms with van der Waals surface area (Å²) in [5.41, 5.74) is 3.84. The van der Waals surface area contributed by atoms with Gasteiger partial charge in [-0.2, -0.15) is 0 Å². The normalized spacial score (nSPS) is 17.2. The number of ether oxygens (including phenoxy) is 8. The number of carboxylic acids is 1. The third-order valence-corrected chi connectivity index (χ3v) is 15.4. The summed E-state index contributed by atoms with van der Waals surface area (Å²) >= 11 is 0.